The SMILES string of the molecule is Cc1ccccc1CN(C(=O)[C@@]12CC#C[C@@H](CN(C(=O)CCC(C)(C)C(=O)O)C1c1ccc(CCCOc3cc(F)ccc3Br)cc1)N2)C1CC1. The van der Waals surface area contributed by atoms with Gasteiger partial charge in [0.25, 0.3) is 0 Å². The van der Waals surface area contributed by atoms with Crippen LogP contribution in [0.25, 0.3) is 0 Å². The molecule has 2 aliphatic heterocycles. The van der Waals surface area contributed by atoms with E-state index < -0.39 is 29.0 Å². The zero-order valence-corrected chi connectivity index (χ0v) is 31.0. The summed E-state index contributed by atoms with van der Waals surface area (Å²) in [6, 6.07) is 19.5. The topological polar surface area (TPSA) is 99.2 Å². The highest BCUT2D eigenvalue weighted by atomic mass is 79.9. The second-order valence-electron chi connectivity index (χ2n) is 14.7. The van der Waals surface area contributed by atoms with Crippen LogP contribution in [0.2, 0.25) is 0 Å². The van der Waals surface area contributed by atoms with Crippen LogP contribution < -0.4 is 10.1 Å². The molecule has 268 valence electrons. The summed E-state index contributed by atoms with van der Waals surface area (Å²) in [7, 11) is 0. The monoisotopic (exact) mass is 757 g/mol. The number of nitrogens with zero attached hydrogens (tertiary/aromatic N) is 2. The molecule has 3 aliphatic rings. The number of aryl methyl sites for hydroxylation is 2. The Kier molecular flexibility index (Phi) is 10.9. The minimum atomic E-state index is -1.19. The van der Waals surface area contributed by atoms with Crippen LogP contribution in [0.5, 0.6) is 5.75 Å². The summed E-state index contributed by atoms with van der Waals surface area (Å²) in [5.41, 5.74) is 1.82. The van der Waals surface area contributed by atoms with Gasteiger partial charge in [0.1, 0.15) is 17.1 Å². The van der Waals surface area contributed by atoms with Crippen molar-refractivity contribution in [2.75, 3.05) is 13.2 Å². The first-order chi connectivity index (χ1) is 24.4. The molecule has 51 heavy (non-hydrogen) atoms. The standard InChI is InChI=1S/C41H45BrFN3O5/c1-27-8-4-5-10-30(27)25-45(33-17-18-33)38(48)41-21-6-11-32(44-41)26-46(36(47)20-22-40(2,3)39(49)50)37(41)29-14-12-28(13-15-29)9-7-23-51-35-24-31(43)16-19-34(35)42/h4-5,8,10,12-16,19,24,32-33,37,44H,7,9,17-18,20-23,25-26H2,1-3H3,(H,49,50)/t32-,37?,41+/m0/s1. The molecule has 0 aromatic heterocycles. The number of carbonyl (C=O) groups is 3. The molecule has 10 heteroatoms. The van der Waals surface area contributed by atoms with E-state index in [1.165, 1.54) is 12.1 Å². The molecule has 3 aromatic rings. The first-order valence-corrected chi connectivity index (χ1v) is 18.5. The number of aliphatic carboxylic acids is 1. The summed E-state index contributed by atoms with van der Waals surface area (Å²) in [4.78, 5) is 45.0. The van der Waals surface area contributed by atoms with E-state index in [1.807, 2.05) is 41.3 Å². The smallest absolute Gasteiger partial charge is 0.309 e. The summed E-state index contributed by atoms with van der Waals surface area (Å²) in [5.74, 6) is 5.38. The first kappa shape index (κ1) is 36.6. The lowest BCUT2D eigenvalue weighted by atomic mass is 9.75. The quantitative estimate of drug-likeness (QED) is 0.136. The lowest BCUT2D eigenvalue weighted by Crippen LogP contribution is -2.73. The van der Waals surface area contributed by atoms with E-state index in [9.17, 15) is 19.1 Å². The van der Waals surface area contributed by atoms with E-state index >= 15 is 4.79 Å². The molecule has 1 saturated heterocycles. The van der Waals surface area contributed by atoms with Gasteiger partial charge in [-0.25, -0.2) is 4.39 Å². The van der Waals surface area contributed by atoms with Crippen LogP contribution >= 0.6 is 15.9 Å². The van der Waals surface area contributed by atoms with Gasteiger partial charge >= 0.3 is 5.97 Å². The zero-order valence-electron chi connectivity index (χ0n) is 29.4. The van der Waals surface area contributed by atoms with Crippen molar-refractivity contribution in [1.82, 2.24) is 15.1 Å². The molecule has 3 aromatic carbocycles. The van der Waals surface area contributed by atoms with Gasteiger partial charge in [-0.2, -0.15) is 0 Å². The molecule has 0 radical (unpaired) electrons. The minimum Gasteiger partial charge on any atom is -0.492 e. The summed E-state index contributed by atoms with van der Waals surface area (Å²) in [5, 5.41) is 13.4. The molecule has 2 amide bonds. The van der Waals surface area contributed by atoms with Crippen LogP contribution in [-0.2, 0) is 27.3 Å². The van der Waals surface area contributed by atoms with E-state index in [0.717, 1.165) is 35.1 Å². The molecule has 1 unspecified atom stereocenters. The average molecular weight is 759 g/mol. The van der Waals surface area contributed by atoms with Crippen LogP contribution in [0.4, 0.5) is 4.39 Å². The van der Waals surface area contributed by atoms with Gasteiger partial charge in [-0.15, -0.1) is 0 Å². The van der Waals surface area contributed by atoms with Crippen LogP contribution in [0.15, 0.2) is 71.2 Å². The number of hydrogen-bond donors (Lipinski definition) is 2. The fourth-order valence-corrected chi connectivity index (χ4v) is 7.44. The van der Waals surface area contributed by atoms with Crippen molar-refractivity contribution >= 4 is 33.7 Å². The van der Waals surface area contributed by atoms with Crippen molar-refractivity contribution in [3.63, 3.8) is 0 Å². The molecule has 0 spiro atoms. The van der Waals surface area contributed by atoms with E-state index in [2.05, 4.69) is 52.1 Å². The number of benzene rings is 3. The molecular formula is C41H45BrFN3O5. The van der Waals surface area contributed by atoms with Gasteiger partial charge in [-0.3, -0.25) is 19.7 Å². The van der Waals surface area contributed by atoms with Crippen LogP contribution in [0.1, 0.15) is 80.7 Å². The Morgan fingerprint density at radius 2 is 1.86 bits per heavy atom. The number of carbonyl (C=O) groups excluding carboxylic acids is 2. The predicted molar refractivity (Wildman–Crippen MR) is 196 cm³/mol. The van der Waals surface area contributed by atoms with Crippen molar-refractivity contribution in [2.24, 2.45) is 5.41 Å². The largest absolute Gasteiger partial charge is 0.492 e. The second kappa shape index (κ2) is 15.2. The Labute approximate surface area is 307 Å². The lowest BCUT2D eigenvalue weighted by molar-refractivity contribution is -0.152. The Morgan fingerprint density at radius 1 is 1.12 bits per heavy atom. The van der Waals surface area contributed by atoms with Gasteiger partial charge in [0.05, 0.1) is 28.6 Å². The summed E-state index contributed by atoms with van der Waals surface area (Å²) >= 11 is 3.40. The number of halogens is 2. The molecule has 2 heterocycles. The average Bonchev–Trinajstić information content (AvgIpc) is 3.96. The maximum atomic E-state index is 15.1. The van der Waals surface area contributed by atoms with Crippen LogP contribution in [-0.4, -0.2) is 63.5 Å². The van der Waals surface area contributed by atoms with Gasteiger partial charge in [0.2, 0.25) is 11.8 Å². The molecular weight excluding hydrogens is 713 g/mol. The normalized spacial score (nSPS) is 21.0. The molecule has 2 N–H and O–H groups in total. The first-order valence-electron chi connectivity index (χ1n) is 17.7. The van der Waals surface area contributed by atoms with Crippen molar-refractivity contribution in [1.29, 1.82) is 0 Å². The van der Waals surface area contributed by atoms with Crippen LogP contribution in [0.3, 0.4) is 0 Å². The minimum absolute atomic E-state index is 0.0370. The third kappa shape index (κ3) is 8.15. The molecule has 2 bridgehead atoms. The highest BCUT2D eigenvalue weighted by molar-refractivity contribution is 9.10. The van der Waals surface area contributed by atoms with Crippen molar-refractivity contribution in [2.45, 2.75) is 95.9 Å². The van der Waals surface area contributed by atoms with E-state index in [4.69, 9.17) is 4.74 Å². The fraction of sp³-hybridized carbons (Fsp3) is 0.439. The molecule has 3 atom stereocenters. The van der Waals surface area contributed by atoms with E-state index in [-0.39, 0.29) is 49.5 Å². The zero-order chi connectivity index (χ0) is 36.3. The van der Waals surface area contributed by atoms with Crippen molar-refractivity contribution < 1.29 is 28.6 Å². The molecule has 2 fully saturated rings. The highest BCUT2D eigenvalue weighted by Crippen LogP contribution is 2.44. The molecule has 6 rings (SSSR count). The Bertz CT molecular complexity index is 1850. The Morgan fingerprint density at radius 3 is 2.57 bits per heavy atom. The van der Waals surface area contributed by atoms with Gasteiger partial charge in [-0.1, -0.05) is 60.4 Å². The maximum Gasteiger partial charge on any atom is 0.309 e. The van der Waals surface area contributed by atoms with Crippen molar-refractivity contribution in [3.8, 4) is 17.6 Å². The summed E-state index contributed by atoms with van der Waals surface area (Å²) in [6.45, 7) is 6.47. The number of nitrogens with one attached hydrogen (secondary N) is 1. The molecule has 1 aliphatic carbocycles. The van der Waals surface area contributed by atoms with Gasteiger partial charge in [-0.05, 0) is 103 Å². The second-order valence-corrected chi connectivity index (χ2v) is 15.5. The lowest BCUT2D eigenvalue weighted by Gasteiger charge is -2.53. The number of rotatable bonds is 14. The Balaban J connectivity index is 1.29. The maximum absolute atomic E-state index is 15.1. The van der Waals surface area contributed by atoms with Gasteiger partial charge in [0.15, 0.2) is 0 Å². The van der Waals surface area contributed by atoms with Gasteiger partial charge < -0.3 is 19.6 Å². The van der Waals surface area contributed by atoms with E-state index in [0.29, 0.717) is 36.2 Å². The predicted octanol–water partition coefficient (Wildman–Crippen LogP) is 6.98. The third-order valence-electron chi connectivity index (χ3n) is 10.4. The highest BCUT2D eigenvalue weighted by Gasteiger charge is 2.57. The van der Waals surface area contributed by atoms with E-state index in [1.54, 1.807) is 24.8 Å². The van der Waals surface area contributed by atoms with Crippen LogP contribution in [0, 0.1) is 30.0 Å². The number of hydrogen-bond acceptors (Lipinski definition) is 5. The molecule has 8 nitrogen and oxygen atoms in total. The number of amides is 2. The number of carboxylic acids is 1. The third-order valence-corrected chi connectivity index (χ3v) is 11.0. The molecule has 1 saturated carbocycles. The number of fused-ring (bicyclic) bond motifs is 2. The fourth-order valence-electron chi connectivity index (χ4n) is 7.07. The summed E-state index contributed by atoms with van der Waals surface area (Å²) in [6.07, 6.45) is 3.71. The number of carboxylic acid groups (broad SMARTS) is 1. The van der Waals surface area contributed by atoms with Gasteiger partial charge in [0, 0.05) is 38.0 Å². The number of piperazine rings is 1. The summed E-state index contributed by atoms with van der Waals surface area (Å²) < 4.78 is 20.2. The number of ether oxygens (including phenoxy) is 1. The Hall–Kier alpha value is -4.20. The van der Waals surface area contributed by atoms with Crippen molar-refractivity contribution in [3.05, 3.63) is 99.3 Å².